The Balaban J connectivity index is 2.61. The minimum atomic E-state index is -0.581. The summed E-state index contributed by atoms with van der Waals surface area (Å²) in [5.74, 6) is -0.213. The van der Waals surface area contributed by atoms with Gasteiger partial charge in [0.15, 0.2) is 5.78 Å². The van der Waals surface area contributed by atoms with Gasteiger partial charge in [0.05, 0.1) is 12.2 Å². The zero-order valence-electron chi connectivity index (χ0n) is 14.5. The van der Waals surface area contributed by atoms with Crippen molar-refractivity contribution in [2.75, 3.05) is 6.61 Å². The number of hydrogen-bond donors (Lipinski definition) is 1. The lowest BCUT2D eigenvalue weighted by molar-refractivity contribution is 0.103. The van der Waals surface area contributed by atoms with E-state index in [2.05, 4.69) is 0 Å². The summed E-state index contributed by atoms with van der Waals surface area (Å²) >= 11 is 0. The summed E-state index contributed by atoms with van der Waals surface area (Å²) in [6.45, 7) is 5.94. The Morgan fingerprint density at radius 3 is 2.44 bits per heavy atom. The number of rotatable bonds is 6. The van der Waals surface area contributed by atoms with E-state index in [9.17, 15) is 20.0 Å². The van der Waals surface area contributed by atoms with Crippen LogP contribution in [-0.4, -0.2) is 22.1 Å². The Bertz CT molecular complexity index is 890. The highest BCUT2D eigenvalue weighted by atomic mass is 16.5. The first-order valence-corrected chi connectivity index (χ1v) is 8.10. The lowest BCUT2D eigenvalue weighted by atomic mass is 9.97. The first-order valence-electron chi connectivity index (χ1n) is 8.10. The third kappa shape index (κ3) is 3.41. The molecule has 1 aromatic heterocycles. The molecule has 0 saturated carbocycles. The van der Waals surface area contributed by atoms with Crippen LogP contribution in [-0.2, 0) is 6.54 Å². The van der Waals surface area contributed by atoms with E-state index in [-0.39, 0.29) is 23.2 Å². The average Bonchev–Trinajstić information content (AvgIpc) is 2.60. The fourth-order valence-corrected chi connectivity index (χ4v) is 2.67. The Morgan fingerprint density at radius 1 is 1.28 bits per heavy atom. The van der Waals surface area contributed by atoms with Crippen LogP contribution < -0.4 is 10.3 Å². The predicted molar refractivity (Wildman–Crippen MR) is 93.2 cm³/mol. The molecular weight excluding hydrogens is 320 g/mol. The van der Waals surface area contributed by atoms with Gasteiger partial charge < -0.3 is 9.84 Å². The number of ketones is 1. The number of nitriles is 1. The smallest absolute Gasteiger partial charge is 0.271 e. The molecule has 6 nitrogen and oxygen atoms in total. The van der Waals surface area contributed by atoms with Crippen LogP contribution >= 0.6 is 0 Å². The molecule has 0 bridgehead atoms. The quantitative estimate of drug-likeness (QED) is 0.816. The summed E-state index contributed by atoms with van der Waals surface area (Å²) in [7, 11) is 0. The summed E-state index contributed by atoms with van der Waals surface area (Å²) in [5, 5.41) is 19.8. The molecule has 0 spiro atoms. The summed E-state index contributed by atoms with van der Waals surface area (Å²) in [4.78, 5) is 25.2. The molecular formula is C19H20N2O4. The van der Waals surface area contributed by atoms with Crippen LogP contribution in [0.1, 0.15) is 47.3 Å². The van der Waals surface area contributed by atoms with E-state index in [1.807, 2.05) is 19.9 Å². The number of carbonyl (C=O) groups excluding carboxylic acids is 1. The highest BCUT2D eigenvalue weighted by molar-refractivity contribution is 6.11. The molecule has 25 heavy (non-hydrogen) atoms. The monoisotopic (exact) mass is 340 g/mol. The number of ether oxygens (including phenoxy) is 1. The molecule has 0 saturated heterocycles. The minimum absolute atomic E-state index is 0.0197. The van der Waals surface area contributed by atoms with Gasteiger partial charge in [-0.3, -0.25) is 14.2 Å². The summed E-state index contributed by atoms with van der Waals surface area (Å²) < 4.78 is 6.42. The highest BCUT2D eigenvalue weighted by Gasteiger charge is 2.24. The lowest BCUT2D eigenvalue weighted by Gasteiger charge is -2.15. The standard InChI is InChI=1S/C19H20N2O4/c1-4-10-21-18(23)15(11-20)12(3)16(19(21)24)17(22)13-6-8-14(9-7-13)25-5-2/h6-9,24H,4-5,10H2,1-3H3. The maximum atomic E-state index is 12.9. The topological polar surface area (TPSA) is 92.3 Å². The van der Waals surface area contributed by atoms with Gasteiger partial charge in [0.1, 0.15) is 17.4 Å². The first kappa shape index (κ1) is 18.3. The van der Waals surface area contributed by atoms with E-state index in [0.29, 0.717) is 24.3 Å². The molecule has 0 atom stereocenters. The number of aromatic hydroxyl groups is 1. The van der Waals surface area contributed by atoms with Crippen molar-refractivity contribution in [2.24, 2.45) is 0 Å². The second-order valence-electron chi connectivity index (χ2n) is 5.55. The van der Waals surface area contributed by atoms with Crippen LogP contribution in [0.2, 0.25) is 0 Å². The number of pyridine rings is 1. The molecule has 1 aromatic carbocycles. The largest absolute Gasteiger partial charge is 0.494 e. The fraction of sp³-hybridized carbons (Fsp3) is 0.316. The predicted octanol–water partition coefficient (Wildman–Crippen LogP) is 2.77. The molecule has 0 unspecified atom stereocenters. The molecule has 2 aromatic rings. The van der Waals surface area contributed by atoms with Gasteiger partial charge in [-0.05, 0) is 50.1 Å². The Morgan fingerprint density at radius 2 is 1.92 bits per heavy atom. The van der Waals surface area contributed by atoms with E-state index >= 15 is 0 Å². The molecule has 0 aliphatic heterocycles. The maximum Gasteiger partial charge on any atom is 0.271 e. The van der Waals surface area contributed by atoms with Crippen LogP contribution in [0.3, 0.4) is 0 Å². The van der Waals surface area contributed by atoms with E-state index in [0.717, 1.165) is 4.57 Å². The van der Waals surface area contributed by atoms with Crippen LogP contribution in [0.4, 0.5) is 0 Å². The van der Waals surface area contributed by atoms with Crippen molar-refractivity contribution in [1.29, 1.82) is 5.26 Å². The molecule has 0 amide bonds. The zero-order valence-corrected chi connectivity index (χ0v) is 14.5. The van der Waals surface area contributed by atoms with Crippen LogP contribution in [0.25, 0.3) is 0 Å². The fourth-order valence-electron chi connectivity index (χ4n) is 2.67. The SMILES string of the molecule is CCCn1c(O)c(C(=O)c2ccc(OCC)cc2)c(C)c(C#N)c1=O. The van der Waals surface area contributed by atoms with E-state index < -0.39 is 17.2 Å². The minimum Gasteiger partial charge on any atom is -0.494 e. The Hall–Kier alpha value is -3.07. The van der Waals surface area contributed by atoms with Gasteiger partial charge in [0, 0.05) is 12.1 Å². The van der Waals surface area contributed by atoms with Crippen molar-refractivity contribution in [1.82, 2.24) is 4.57 Å². The Labute approximate surface area is 145 Å². The van der Waals surface area contributed by atoms with E-state index in [1.165, 1.54) is 6.92 Å². The molecule has 0 radical (unpaired) electrons. The van der Waals surface area contributed by atoms with Gasteiger partial charge in [-0.25, -0.2) is 0 Å². The average molecular weight is 340 g/mol. The van der Waals surface area contributed by atoms with Gasteiger partial charge in [-0.15, -0.1) is 0 Å². The van der Waals surface area contributed by atoms with Crippen molar-refractivity contribution < 1.29 is 14.6 Å². The van der Waals surface area contributed by atoms with Crippen molar-refractivity contribution in [3.05, 3.63) is 56.9 Å². The van der Waals surface area contributed by atoms with Gasteiger partial charge in [0.25, 0.3) is 5.56 Å². The third-order valence-electron chi connectivity index (χ3n) is 3.90. The molecule has 0 fully saturated rings. The normalized spacial score (nSPS) is 10.3. The van der Waals surface area contributed by atoms with Gasteiger partial charge in [0.2, 0.25) is 5.88 Å². The zero-order chi connectivity index (χ0) is 18.6. The number of benzene rings is 1. The summed E-state index contributed by atoms with van der Waals surface area (Å²) in [6, 6.07) is 8.35. The molecule has 0 aliphatic carbocycles. The molecule has 0 aliphatic rings. The lowest BCUT2D eigenvalue weighted by Crippen LogP contribution is -2.26. The van der Waals surface area contributed by atoms with Crippen molar-refractivity contribution in [3.8, 4) is 17.7 Å². The second-order valence-corrected chi connectivity index (χ2v) is 5.55. The van der Waals surface area contributed by atoms with Crippen LogP contribution in [0.5, 0.6) is 11.6 Å². The molecule has 130 valence electrons. The highest BCUT2D eigenvalue weighted by Crippen LogP contribution is 2.26. The van der Waals surface area contributed by atoms with Gasteiger partial charge in [-0.2, -0.15) is 5.26 Å². The van der Waals surface area contributed by atoms with Crippen molar-refractivity contribution in [3.63, 3.8) is 0 Å². The van der Waals surface area contributed by atoms with Gasteiger partial charge >= 0.3 is 0 Å². The summed E-state index contributed by atoms with van der Waals surface area (Å²) in [6.07, 6.45) is 0.581. The van der Waals surface area contributed by atoms with Crippen LogP contribution in [0, 0.1) is 18.3 Å². The van der Waals surface area contributed by atoms with Crippen molar-refractivity contribution in [2.45, 2.75) is 33.7 Å². The first-order chi connectivity index (χ1) is 12.0. The van der Waals surface area contributed by atoms with Crippen molar-refractivity contribution >= 4 is 5.78 Å². The molecule has 2 rings (SSSR count). The summed E-state index contributed by atoms with van der Waals surface area (Å²) in [5.41, 5.74) is -0.194. The number of carbonyl (C=O) groups is 1. The molecule has 1 heterocycles. The number of hydrogen-bond acceptors (Lipinski definition) is 5. The Kier molecular flexibility index (Phi) is 5.60. The number of aromatic nitrogens is 1. The van der Waals surface area contributed by atoms with E-state index in [4.69, 9.17) is 4.74 Å². The maximum absolute atomic E-state index is 12.9. The molecule has 1 N–H and O–H groups in total. The van der Waals surface area contributed by atoms with E-state index in [1.54, 1.807) is 24.3 Å². The van der Waals surface area contributed by atoms with Crippen LogP contribution in [0.15, 0.2) is 29.1 Å². The third-order valence-corrected chi connectivity index (χ3v) is 3.90. The van der Waals surface area contributed by atoms with Gasteiger partial charge in [-0.1, -0.05) is 6.92 Å². The number of nitrogens with zero attached hydrogens (tertiary/aromatic N) is 2. The second kappa shape index (κ2) is 7.67. The molecule has 6 heteroatoms.